The molecule has 2 aromatic carbocycles. The number of rotatable bonds is 7. The maximum Gasteiger partial charge on any atom is 0.324 e. The molecule has 0 spiro atoms. The van der Waals surface area contributed by atoms with E-state index < -0.39 is 22.0 Å². The minimum atomic E-state index is -3.80. The van der Waals surface area contributed by atoms with E-state index in [4.69, 9.17) is 27.9 Å². The van der Waals surface area contributed by atoms with E-state index >= 15 is 0 Å². The van der Waals surface area contributed by atoms with Crippen LogP contribution in [0.1, 0.15) is 18.1 Å². The number of benzene rings is 2. The van der Waals surface area contributed by atoms with Crippen LogP contribution in [0.25, 0.3) is 6.08 Å². The van der Waals surface area contributed by atoms with Crippen molar-refractivity contribution in [2.75, 3.05) is 0 Å². The van der Waals surface area contributed by atoms with Crippen LogP contribution >= 0.6 is 23.2 Å². The molecule has 0 fully saturated rings. The number of nitrogens with one attached hydrogen (secondary N) is 1. The number of sulfonamides is 1. The second-order valence-corrected chi connectivity index (χ2v) is 7.88. The summed E-state index contributed by atoms with van der Waals surface area (Å²) < 4.78 is 31.4. The zero-order chi connectivity index (χ0) is 19.2. The predicted molar refractivity (Wildman–Crippen MR) is 103 cm³/mol. The average Bonchev–Trinajstić information content (AvgIpc) is 2.59. The lowest BCUT2D eigenvalue weighted by Gasteiger charge is -2.13. The van der Waals surface area contributed by atoms with Gasteiger partial charge in [-0.05, 0) is 30.7 Å². The Balaban J connectivity index is 1.92. The molecule has 0 aliphatic rings. The molecule has 0 heterocycles. The second kappa shape index (κ2) is 9.19. The quantitative estimate of drug-likeness (QED) is 0.695. The molecule has 8 heteroatoms. The van der Waals surface area contributed by atoms with E-state index in [1.165, 1.54) is 19.1 Å². The summed E-state index contributed by atoms with van der Waals surface area (Å²) in [6.45, 7) is 1.32. The summed E-state index contributed by atoms with van der Waals surface area (Å²) in [6.07, 6.45) is 1.44. The van der Waals surface area contributed by atoms with E-state index in [0.717, 1.165) is 11.0 Å². The predicted octanol–water partition coefficient (Wildman–Crippen LogP) is 4.02. The number of halogens is 2. The highest BCUT2D eigenvalue weighted by Crippen LogP contribution is 2.21. The van der Waals surface area contributed by atoms with E-state index in [2.05, 4.69) is 4.72 Å². The molecule has 0 saturated heterocycles. The Morgan fingerprint density at radius 2 is 1.88 bits per heavy atom. The molecule has 0 saturated carbocycles. The largest absolute Gasteiger partial charge is 0.460 e. The number of ether oxygens (including phenoxy) is 1. The van der Waals surface area contributed by atoms with Gasteiger partial charge in [-0.25, -0.2) is 8.42 Å². The molecule has 0 amide bonds. The molecular formula is C18H17Cl2NO4S. The summed E-state index contributed by atoms with van der Waals surface area (Å²) in [5, 5.41) is 1.84. The standard InChI is InChI=1S/C18H17Cl2NO4S/c1-13(18(22)25-12-15-7-8-16(19)11-17(15)20)21-26(23,24)10-9-14-5-3-2-4-6-14/h2-11,13,21H,12H2,1H3/t13-/m0/s1. The van der Waals surface area contributed by atoms with Crippen LogP contribution in [0, 0.1) is 0 Å². The molecule has 5 nitrogen and oxygen atoms in total. The monoisotopic (exact) mass is 413 g/mol. The van der Waals surface area contributed by atoms with Crippen LogP contribution in [0.2, 0.25) is 10.0 Å². The zero-order valence-electron chi connectivity index (χ0n) is 13.9. The van der Waals surface area contributed by atoms with Crippen molar-refractivity contribution in [2.45, 2.75) is 19.6 Å². The molecule has 0 bridgehead atoms. The first kappa shape index (κ1) is 20.5. The first-order valence-electron chi connectivity index (χ1n) is 7.63. The van der Waals surface area contributed by atoms with E-state index in [1.807, 2.05) is 6.07 Å². The van der Waals surface area contributed by atoms with Crippen LogP contribution in [0.4, 0.5) is 0 Å². The molecule has 26 heavy (non-hydrogen) atoms. The van der Waals surface area contributed by atoms with Crippen LogP contribution in [-0.2, 0) is 26.2 Å². The van der Waals surface area contributed by atoms with Gasteiger partial charge < -0.3 is 4.74 Å². The Kier molecular flexibility index (Phi) is 7.23. The Bertz CT molecular complexity index is 899. The topological polar surface area (TPSA) is 72.5 Å². The van der Waals surface area contributed by atoms with Gasteiger partial charge in [0.05, 0.1) is 0 Å². The fourth-order valence-electron chi connectivity index (χ4n) is 1.98. The van der Waals surface area contributed by atoms with E-state index in [-0.39, 0.29) is 6.61 Å². The Labute approximate surface area is 162 Å². The second-order valence-electron chi connectivity index (χ2n) is 5.44. The lowest BCUT2D eigenvalue weighted by molar-refractivity contribution is -0.146. The lowest BCUT2D eigenvalue weighted by atomic mass is 10.2. The Morgan fingerprint density at radius 1 is 1.19 bits per heavy atom. The van der Waals surface area contributed by atoms with E-state index in [9.17, 15) is 13.2 Å². The van der Waals surface area contributed by atoms with Gasteiger partial charge in [-0.1, -0.05) is 59.6 Å². The summed E-state index contributed by atoms with van der Waals surface area (Å²) in [4.78, 5) is 12.0. The fraction of sp³-hybridized carbons (Fsp3) is 0.167. The number of hydrogen-bond acceptors (Lipinski definition) is 4. The van der Waals surface area contributed by atoms with Gasteiger partial charge in [0.1, 0.15) is 12.6 Å². The van der Waals surface area contributed by atoms with E-state index in [0.29, 0.717) is 15.6 Å². The third-order valence-corrected chi connectivity index (χ3v) is 5.08. The Hall–Kier alpha value is -1.86. The summed E-state index contributed by atoms with van der Waals surface area (Å²) in [6, 6.07) is 12.7. The van der Waals surface area contributed by atoms with Crippen molar-refractivity contribution >= 4 is 45.3 Å². The summed E-state index contributed by atoms with van der Waals surface area (Å²) >= 11 is 11.8. The fourth-order valence-corrected chi connectivity index (χ4v) is 3.45. The Morgan fingerprint density at radius 3 is 2.54 bits per heavy atom. The molecule has 0 aliphatic carbocycles. The van der Waals surface area contributed by atoms with Gasteiger partial charge in [0.25, 0.3) is 0 Å². The molecule has 138 valence electrons. The number of carbonyl (C=O) groups excluding carboxylic acids is 1. The van der Waals surface area contributed by atoms with Crippen molar-refractivity contribution in [1.82, 2.24) is 4.72 Å². The minimum absolute atomic E-state index is 0.0826. The molecule has 0 aliphatic heterocycles. The molecular weight excluding hydrogens is 397 g/mol. The first-order valence-corrected chi connectivity index (χ1v) is 9.93. The van der Waals surface area contributed by atoms with Gasteiger partial charge in [0.2, 0.25) is 10.0 Å². The van der Waals surface area contributed by atoms with Gasteiger partial charge in [-0.2, -0.15) is 4.72 Å². The van der Waals surface area contributed by atoms with Crippen LogP contribution in [-0.4, -0.2) is 20.4 Å². The van der Waals surface area contributed by atoms with Crippen molar-refractivity contribution in [3.63, 3.8) is 0 Å². The van der Waals surface area contributed by atoms with E-state index in [1.54, 1.807) is 36.4 Å². The zero-order valence-corrected chi connectivity index (χ0v) is 16.2. The van der Waals surface area contributed by atoms with Gasteiger partial charge in [0, 0.05) is 21.0 Å². The summed E-state index contributed by atoms with van der Waals surface area (Å²) in [5.74, 6) is -0.715. The first-order chi connectivity index (χ1) is 12.3. The van der Waals surface area contributed by atoms with Crippen molar-refractivity contribution < 1.29 is 17.9 Å². The molecule has 0 radical (unpaired) electrons. The maximum absolute atomic E-state index is 12.0. The van der Waals surface area contributed by atoms with Gasteiger partial charge in [-0.15, -0.1) is 0 Å². The molecule has 2 rings (SSSR count). The van der Waals surface area contributed by atoms with Gasteiger partial charge in [0.15, 0.2) is 0 Å². The van der Waals surface area contributed by atoms with Gasteiger partial charge in [-0.3, -0.25) is 4.79 Å². The minimum Gasteiger partial charge on any atom is -0.460 e. The normalized spacial score (nSPS) is 12.9. The maximum atomic E-state index is 12.0. The van der Waals surface area contributed by atoms with Crippen LogP contribution in [0.15, 0.2) is 53.9 Å². The van der Waals surface area contributed by atoms with Crippen molar-refractivity contribution in [3.8, 4) is 0 Å². The highest BCUT2D eigenvalue weighted by atomic mass is 35.5. The number of carbonyl (C=O) groups is 1. The SMILES string of the molecule is C[C@H](NS(=O)(=O)C=Cc1ccccc1)C(=O)OCc1ccc(Cl)cc1Cl. The molecule has 0 aromatic heterocycles. The van der Waals surface area contributed by atoms with Gasteiger partial charge >= 0.3 is 5.97 Å². The van der Waals surface area contributed by atoms with Crippen LogP contribution < -0.4 is 4.72 Å². The third kappa shape index (κ3) is 6.46. The molecule has 0 unspecified atom stereocenters. The van der Waals surface area contributed by atoms with Crippen LogP contribution in [0.3, 0.4) is 0 Å². The molecule has 1 N–H and O–H groups in total. The summed E-state index contributed by atoms with van der Waals surface area (Å²) in [5.41, 5.74) is 1.30. The number of hydrogen-bond donors (Lipinski definition) is 1. The third-order valence-electron chi connectivity index (χ3n) is 3.32. The van der Waals surface area contributed by atoms with Crippen molar-refractivity contribution in [2.24, 2.45) is 0 Å². The number of esters is 1. The average molecular weight is 414 g/mol. The van der Waals surface area contributed by atoms with Crippen LogP contribution in [0.5, 0.6) is 0 Å². The smallest absolute Gasteiger partial charge is 0.324 e. The lowest BCUT2D eigenvalue weighted by Crippen LogP contribution is -2.38. The molecule has 1 atom stereocenters. The highest BCUT2D eigenvalue weighted by Gasteiger charge is 2.20. The van der Waals surface area contributed by atoms with Crippen molar-refractivity contribution in [1.29, 1.82) is 0 Å². The molecule has 2 aromatic rings. The highest BCUT2D eigenvalue weighted by molar-refractivity contribution is 7.92. The van der Waals surface area contributed by atoms with Crippen molar-refractivity contribution in [3.05, 3.63) is 75.1 Å². The summed E-state index contributed by atoms with van der Waals surface area (Å²) in [7, 11) is -3.80.